The molecule has 0 aliphatic heterocycles. The Morgan fingerprint density at radius 1 is 1.23 bits per heavy atom. The van der Waals surface area contributed by atoms with E-state index in [0.717, 1.165) is 41.7 Å². The van der Waals surface area contributed by atoms with Crippen LogP contribution < -0.4 is 15.7 Å². The first-order valence-corrected chi connectivity index (χ1v) is 8.85. The topological polar surface area (TPSA) is 81.9 Å². The van der Waals surface area contributed by atoms with E-state index in [0.29, 0.717) is 18.8 Å². The van der Waals surface area contributed by atoms with Crippen LogP contribution in [0.4, 0.5) is 5.69 Å². The average molecular weight is 353 g/mol. The maximum atomic E-state index is 12.5. The maximum Gasteiger partial charge on any atom is 0.287 e. The van der Waals surface area contributed by atoms with Crippen LogP contribution in [0, 0.1) is 6.92 Å². The molecule has 26 heavy (non-hydrogen) atoms. The fourth-order valence-electron chi connectivity index (χ4n) is 2.72. The molecule has 0 aliphatic carbocycles. The third-order valence-corrected chi connectivity index (χ3v) is 4.09. The second-order valence-corrected chi connectivity index (χ2v) is 6.03. The van der Waals surface area contributed by atoms with Gasteiger partial charge in [-0.3, -0.25) is 9.78 Å². The molecule has 3 aromatic heterocycles. The van der Waals surface area contributed by atoms with Crippen LogP contribution in [0.15, 0.2) is 41.6 Å². The van der Waals surface area contributed by atoms with Gasteiger partial charge in [-0.25, -0.2) is 9.97 Å². The summed E-state index contributed by atoms with van der Waals surface area (Å²) in [6.07, 6.45) is 5.85. The van der Waals surface area contributed by atoms with Crippen molar-refractivity contribution in [3.63, 3.8) is 0 Å². The Morgan fingerprint density at radius 2 is 2.12 bits per heavy atom. The van der Waals surface area contributed by atoms with Crippen LogP contribution in [-0.4, -0.2) is 32.8 Å². The molecular weight excluding hydrogens is 330 g/mol. The van der Waals surface area contributed by atoms with Crippen molar-refractivity contribution in [1.82, 2.24) is 19.7 Å². The van der Waals surface area contributed by atoms with Crippen molar-refractivity contribution in [3.05, 3.63) is 58.5 Å². The summed E-state index contributed by atoms with van der Waals surface area (Å²) in [6, 6.07) is 7.38. The first-order valence-electron chi connectivity index (χ1n) is 8.85. The molecule has 1 N–H and O–H groups in total. The Hall–Kier alpha value is -2.96. The van der Waals surface area contributed by atoms with Gasteiger partial charge in [0.2, 0.25) is 0 Å². The van der Waals surface area contributed by atoms with Crippen molar-refractivity contribution in [2.75, 3.05) is 18.5 Å². The largest absolute Gasteiger partial charge is 0.409 e. The lowest BCUT2D eigenvalue weighted by molar-refractivity contribution is 0.108. The van der Waals surface area contributed by atoms with Gasteiger partial charge >= 0.3 is 0 Å². The zero-order valence-electron chi connectivity index (χ0n) is 15.1. The number of hydrogen-bond donors (Lipinski definition) is 1. The summed E-state index contributed by atoms with van der Waals surface area (Å²) in [7, 11) is 0. The van der Waals surface area contributed by atoms with Crippen LogP contribution in [0.5, 0.6) is 0 Å². The van der Waals surface area contributed by atoms with E-state index in [-0.39, 0.29) is 5.56 Å². The molecule has 0 atom stereocenters. The van der Waals surface area contributed by atoms with Crippen LogP contribution in [0.3, 0.4) is 0 Å². The Morgan fingerprint density at radius 3 is 2.88 bits per heavy atom. The molecule has 0 fully saturated rings. The van der Waals surface area contributed by atoms with Crippen LogP contribution in [0.2, 0.25) is 0 Å². The first kappa shape index (κ1) is 17.8. The van der Waals surface area contributed by atoms with Crippen LogP contribution in [0.25, 0.3) is 11.0 Å². The minimum Gasteiger partial charge on any atom is -0.409 e. The summed E-state index contributed by atoms with van der Waals surface area (Å²) < 4.78 is 1.27. The number of aryl methyl sites for hydroxylation is 1. The standard InChI is InChI=1S/C19H23N5O2/c1-3-4-11-26-24-17(25)12-16(18-14(2)22-13-23-19(18)24)21-10-8-15-7-5-6-9-20-15/h5-7,9,12-13,21H,3-4,8,10-11H2,1-2H3. The highest BCUT2D eigenvalue weighted by atomic mass is 16.7. The van der Waals surface area contributed by atoms with Crippen molar-refractivity contribution in [2.45, 2.75) is 33.1 Å². The maximum absolute atomic E-state index is 12.5. The Balaban J connectivity index is 1.88. The Bertz CT molecular complexity index is 924. The molecule has 0 aliphatic rings. The van der Waals surface area contributed by atoms with Gasteiger partial charge < -0.3 is 10.2 Å². The minimum atomic E-state index is -0.243. The van der Waals surface area contributed by atoms with Gasteiger partial charge in [0.05, 0.1) is 16.8 Å². The average Bonchev–Trinajstić information content (AvgIpc) is 2.65. The molecule has 136 valence electrons. The Labute approximate surface area is 152 Å². The highest BCUT2D eigenvalue weighted by Crippen LogP contribution is 2.22. The fraction of sp³-hybridized carbons (Fsp3) is 0.368. The number of hydrogen-bond acceptors (Lipinski definition) is 6. The molecule has 7 nitrogen and oxygen atoms in total. The van der Waals surface area contributed by atoms with Gasteiger partial charge in [-0.05, 0) is 25.5 Å². The molecule has 0 saturated carbocycles. The molecule has 0 unspecified atom stereocenters. The molecule has 0 radical (unpaired) electrons. The molecule has 0 aromatic carbocycles. The van der Waals surface area contributed by atoms with Gasteiger partial charge in [-0.1, -0.05) is 19.4 Å². The zero-order chi connectivity index (χ0) is 18.4. The number of fused-ring (bicyclic) bond motifs is 1. The Kier molecular flexibility index (Phi) is 5.78. The van der Waals surface area contributed by atoms with E-state index in [4.69, 9.17) is 4.84 Å². The van der Waals surface area contributed by atoms with E-state index in [1.807, 2.05) is 25.1 Å². The molecule has 0 amide bonds. The number of rotatable bonds is 8. The quantitative estimate of drug-likeness (QED) is 0.626. The van der Waals surface area contributed by atoms with E-state index in [2.05, 4.69) is 27.2 Å². The fourth-order valence-corrected chi connectivity index (χ4v) is 2.72. The molecule has 0 bridgehead atoms. The first-order chi connectivity index (χ1) is 12.7. The summed E-state index contributed by atoms with van der Waals surface area (Å²) >= 11 is 0. The number of nitrogens with one attached hydrogen (secondary N) is 1. The molecule has 3 rings (SSSR count). The van der Waals surface area contributed by atoms with Crippen molar-refractivity contribution < 1.29 is 4.84 Å². The van der Waals surface area contributed by atoms with E-state index >= 15 is 0 Å². The van der Waals surface area contributed by atoms with Gasteiger partial charge in [0.15, 0.2) is 5.65 Å². The number of aromatic nitrogens is 4. The summed E-state index contributed by atoms with van der Waals surface area (Å²) in [4.78, 5) is 31.0. The zero-order valence-corrected chi connectivity index (χ0v) is 15.1. The summed E-state index contributed by atoms with van der Waals surface area (Å²) in [5.41, 5.74) is 2.75. The monoisotopic (exact) mass is 353 g/mol. The normalized spacial score (nSPS) is 10.8. The van der Waals surface area contributed by atoms with Crippen LogP contribution in [-0.2, 0) is 6.42 Å². The van der Waals surface area contributed by atoms with Gasteiger partial charge in [0.25, 0.3) is 5.56 Å². The number of unbranched alkanes of at least 4 members (excludes halogenated alkanes) is 1. The number of nitrogens with zero attached hydrogens (tertiary/aromatic N) is 4. The van der Waals surface area contributed by atoms with E-state index in [1.54, 1.807) is 12.3 Å². The highest BCUT2D eigenvalue weighted by Gasteiger charge is 2.13. The van der Waals surface area contributed by atoms with E-state index in [9.17, 15) is 4.79 Å². The van der Waals surface area contributed by atoms with E-state index < -0.39 is 0 Å². The third kappa shape index (κ3) is 3.99. The van der Waals surface area contributed by atoms with Crippen molar-refractivity contribution in [2.24, 2.45) is 0 Å². The van der Waals surface area contributed by atoms with Crippen molar-refractivity contribution >= 4 is 16.7 Å². The third-order valence-electron chi connectivity index (χ3n) is 4.09. The summed E-state index contributed by atoms with van der Waals surface area (Å²) in [6.45, 7) is 5.10. The number of anilines is 1. The predicted molar refractivity (Wildman–Crippen MR) is 101 cm³/mol. The van der Waals surface area contributed by atoms with Gasteiger partial charge in [0, 0.05) is 30.9 Å². The lowest BCUT2D eigenvalue weighted by Crippen LogP contribution is -2.29. The van der Waals surface area contributed by atoms with Crippen LogP contribution in [0.1, 0.15) is 31.2 Å². The van der Waals surface area contributed by atoms with Crippen LogP contribution >= 0.6 is 0 Å². The summed E-state index contributed by atoms with van der Waals surface area (Å²) in [5.74, 6) is 0. The van der Waals surface area contributed by atoms with Gasteiger partial charge in [-0.15, -0.1) is 4.73 Å². The molecule has 7 heteroatoms. The lowest BCUT2D eigenvalue weighted by Gasteiger charge is -2.15. The smallest absolute Gasteiger partial charge is 0.287 e. The molecule has 3 aromatic rings. The molecule has 0 saturated heterocycles. The van der Waals surface area contributed by atoms with E-state index in [1.165, 1.54) is 11.1 Å². The SMILES string of the molecule is CCCCOn1c(=O)cc(NCCc2ccccn2)c2c(C)ncnc21. The second kappa shape index (κ2) is 8.42. The van der Waals surface area contributed by atoms with Gasteiger partial charge in [-0.2, -0.15) is 0 Å². The van der Waals surface area contributed by atoms with Gasteiger partial charge in [0.1, 0.15) is 12.9 Å². The minimum absolute atomic E-state index is 0.243. The number of pyridine rings is 2. The lowest BCUT2D eigenvalue weighted by atomic mass is 10.2. The van der Waals surface area contributed by atoms with Crippen molar-refractivity contribution in [1.29, 1.82) is 0 Å². The second-order valence-electron chi connectivity index (χ2n) is 6.03. The molecule has 0 spiro atoms. The summed E-state index contributed by atoms with van der Waals surface area (Å²) in [5, 5.41) is 4.12. The highest BCUT2D eigenvalue weighted by molar-refractivity contribution is 5.90. The predicted octanol–water partition coefficient (Wildman–Crippen LogP) is 2.38. The molecular formula is C19H23N5O2. The van der Waals surface area contributed by atoms with Crippen molar-refractivity contribution in [3.8, 4) is 0 Å². The molecule has 3 heterocycles.